The van der Waals surface area contributed by atoms with Gasteiger partial charge in [0.2, 0.25) is 15.0 Å². The molecule has 4 aromatic rings. The quantitative estimate of drug-likeness (QED) is 0.163. The zero-order valence-corrected chi connectivity index (χ0v) is 26.7. The molecular formula is C33H28Cl2F3N3O4S. The summed E-state index contributed by atoms with van der Waals surface area (Å²) in [6, 6.07) is 18.4. The van der Waals surface area contributed by atoms with Gasteiger partial charge >= 0.3 is 0 Å². The second-order valence-corrected chi connectivity index (χ2v) is 13.5. The van der Waals surface area contributed by atoms with Crippen LogP contribution in [0.25, 0.3) is 5.57 Å². The van der Waals surface area contributed by atoms with E-state index in [1.54, 1.807) is 55.5 Å². The Morgan fingerprint density at radius 3 is 2.46 bits per heavy atom. The average molecular weight is 691 g/mol. The number of ether oxygens (including phenoxy) is 1. The largest absolute Gasteiger partial charge is 0.369 e. The molecular weight excluding hydrogens is 662 g/mol. The van der Waals surface area contributed by atoms with E-state index in [4.69, 9.17) is 27.9 Å². The number of aliphatic hydroxyl groups is 1. The van der Waals surface area contributed by atoms with Crippen molar-refractivity contribution in [2.75, 3.05) is 5.75 Å². The predicted octanol–water partition coefficient (Wildman–Crippen LogP) is 7.52. The van der Waals surface area contributed by atoms with Crippen molar-refractivity contribution in [1.29, 1.82) is 0 Å². The smallest absolute Gasteiger partial charge is 0.247 e. The van der Waals surface area contributed by atoms with Crippen molar-refractivity contribution in [1.82, 2.24) is 14.9 Å². The average Bonchev–Trinajstić information content (AvgIpc) is 3.02. The highest BCUT2D eigenvalue weighted by Gasteiger charge is 2.27. The lowest BCUT2D eigenvalue weighted by molar-refractivity contribution is 0.0360. The molecule has 1 aromatic heterocycles. The Morgan fingerprint density at radius 2 is 1.74 bits per heavy atom. The number of sulfone groups is 1. The molecule has 1 aliphatic rings. The van der Waals surface area contributed by atoms with Gasteiger partial charge in [0.1, 0.15) is 17.5 Å². The van der Waals surface area contributed by atoms with Crippen molar-refractivity contribution < 1.29 is 31.4 Å². The van der Waals surface area contributed by atoms with E-state index in [0.717, 1.165) is 18.2 Å². The highest BCUT2D eigenvalue weighted by Crippen LogP contribution is 2.30. The van der Waals surface area contributed by atoms with Crippen molar-refractivity contribution >= 4 is 38.6 Å². The lowest BCUT2D eigenvalue weighted by Crippen LogP contribution is -2.33. The number of aromatic nitrogens is 2. The van der Waals surface area contributed by atoms with E-state index in [1.807, 2.05) is 0 Å². The number of halogens is 5. The number of allylic oxidation sites excluding steroid dienone is 2. The lowest BCUT2D eigenvalue weighted by atomic mass is 10.1. The van der Waals surface area contributed by atoms with Gasteiger partial charge in [0.05, 0.1) is 34.2 Å². The van der Waals surface area contributed by atoms with Crippen molar-refractivity contribution in [2.24, 2.45) is 0 Å². The standard InChI is InChI=1S/C33H28Cl2F3N3O4S/c1-20-13-30(24-15-29(38)32(42)41(18-24)17-21-7-10-26(34)27(35)14-21)40-33(39-20)46(43,44)12-11-31(22-5-3-2-4-6-22)45-19-23-8-9-25(36)16-28(23)37/h2-10,13-16,18,31-32,42H,11-12,17,19H2,1H3. The van der Waals surface area contributed by atoms with Crippen LogP contribution in [0, 0.1) is 18.6 Å². The van der Waals surface area contributed by atoms with Crippen molar-refractivity contribution in [3.8, 4) is 0 Å². The molecule has 0 saturated heterocycles. The molecule has 0 fully saturated rings. The van der Waals surface area contributed by atoms with E-state index in [-0.39, 0.29) is 36.4 Å². The molecule has 2 atom stereocenters. The van der Waals surface area contributed by atoms with E-state index >= 15 is 0 Å². The molecule has 3 aromatic carbocycles. The first-order valence-corrected chi connectivity index (χ1v) is 16.5. The molecule has 7 nitrogen and oxygen atoms in total. The van der Waals surface area contributed by atoms with Gasteiger partial charge in [0.25, 0.3) is 0 Å². The molecule has 0 amide bonds. The van der Waals surface area contributed by atoms with Crippen LogP contribution in [-0.4, -0.2) is 40.4 Å². The normalized spacial score (nSPS) is 15.8. The van der Waals surface area contributed by atoms with Gasteiger partial charge in [-0.05, 0) is 54.8 Å². The molecule has 1 N–H and O–H groups in total. The van der Waals surface area contributed by atoms with Gasteiger partial charge in [-0.3, -0.25) is 0 Å². The van der Waals surface area contributed by atoms with Gasteiger partial charge in [-0.25, -0.2) is 31.6 Å². The Hall–Kier alpha value is -3.74. The number of benzene rings is 3. The Balaban J connectivity index is 1.37. The fourth-order valence-electron chi connectivity index (χ4n) is 4.81. The van der Waals surface area contributed by atoms with Crippen molar-refractivity contribution in [3.05, 3.63) is 141 Å². The van der Waals surface area contributed by atoms with Crippen LogP contribution in [-0.2, 0) is 27.7 Å². The molecule has 240 valence electrons. The van der Waals surface area contributed by atoms with Crippen LogP contribution < -0.4 is 0 Å². The van der Waals surface area contributed by atoms with Crippen molar-refractivity contribution in [3.63, 3.8) is 0 Å². The van der Waals surface area contributed by atoms with E-state index in [9.17, 15) is 26.7 Å². The summed E-state index contributed by atoms with van der Waals surface area (Å²) in [5.74, 6) is -2.78. The third-order valence-corrected chi connectivity index (χ3v) is 9.44. The second kappa shape index (κ2) is 14.4. The van der Waals surface area contributed by atoms with Crippen molar-refractivity contribution in [2.45, 2.75) is 44.0 Å². The number of aliphatic hydroxyl groups excluding tert-OH is 1. The molecule has 1 aliphatic heterocycles. The Labute approximate surface area is 274 Å². The molecule has 0 aliphatic carbocycles. The third kappa shape index (κ3) is 8.15. The van der Waals surface area contributed by atoms with Gasteiger partial charge in [0.15, 0.2) is 6.23 Å². The van der Waals surface area contributed by atoms with Gasteiger partial charge in [-0.2, -0.15) is 0 Å². The highest BCUT2D eigenvalue weighted by molar-refractivity contribution is 7.91. The maximum atomic E-state index is 14.9. The number of hydrogen-bond acceptors (Lipinski definition) is 7. The van der Waals surface area contributed by atoms with Gasteiger partial charge in [-0.15, -0.1) is 0 Å². The van der Waals surface area contributed by atoms with E-state index < -0.39 is 50.5 Å². The minimum Gasteiger partial charge on any atom is -0.369 e. The SMILES string of the molecule is Cc1cc(C2=CN(Cc3ccc(Cl)c(Cl)c3)C(O)C(F)=C2)nc(S(=O)(=O)CCC(OCc2ccc(F)cc2F)c2ccccc2)n1. The van der Waals surface area contributed by atoms with Gasteiger partial charge in [-0.1, -0.05) is 65.7 Å². The molecule has 13 heteroatoms. The Morgan fingerprint density at radius 1 is 0.978 bits per heavy atom. The first kappa shape index (κ1) is 33.6. The minimum atomic E-state index is -4.10. The molecule has 0 radical (unpaired) electrons. The Kier molecular flexibility index (Phi) is 10.5. The van der Waals surface area contributed by atoms with Crippen LogP contribution in [0.3, 0.4) is 0 Å². The Bertz CT molecular complexity index is 1910. The van der Waals surface area contributed by atoms with Crippen LogP contribution in [0.15, 0.2) is 96.1 Å². The first-order chi connectivity index (χ1) is 21.9. The molecule has 5 rings (SSSR count). The summed E-state index contributed by atoms with van der Waals surface area (Å²) in [5, 5.41) is 10.7. The summed E-state index contributed by atoms with van der Waals surface area (Å²) in [6.45, 7) is 1.44. The highest BCUT2D eigenvalue weighted by atomic mass is 35.5. The fourth-order valence-corrected chi connectivity index (χ4v) is 6.36. The second-order valence-electron chi connectivity index (χ2n) is 10.6. The molecule has 2 heterocycles. The monoisotopic (exact) mass is 689 g/mol. The summed E-state index contributed by atoms with van der Waals surface area (Å²) in [5.41, 5.74) is 2.11. The summed E-state index contributed by atoms with van der Waals surface area (Å²) < 4.78 is 75.5. The van der Waals surface area contributed by atoms with Crippen LogP contribution >= 0.6 is 23.2 Å². The molecule has 2 unspecified atom stereocenters. The van der Waals surface area contributed by atoms with Crippen LogP contribution in [0.5, 0.6) is 0 Å². The third-order valence-electron chi connectivity index (χ3n) is 7.19. The molecule has 0 bridgehead atoms. The number of rotatable bonds is 11. The summed E-state index contributed by atoms with van der Waals surface area (Å²) >= 11 is 12.1. The summed E-state index contributed by atoms with van der Waals surface area (Å²) in [6.07, 6.45) is 0.203. The molecule has 0 saturated carbocycles. The summed E-state index contributed by atoms with van der Waals surface area (Å²) in [4.78, 5) is 9.74. The van der Waals surface area contributed by atoms with Crippen LogP contribution in [0.2, 0.25) is 10.0 Å². The van der Waals surface area contributed by atoms with Crippen LogP contribution in [0.4, 0.5) is 13.2 Å². The maximum absolute atomic E-state index is 14.9. The van der Waals surface area contributed by atoms with E-state index in [2.05, 4.69) is 9.97 Å². The zero-order valence-electron chi connectivity index (χ0n) is 24.4. The van der Waals surface area contributed by atoms with E-state index in [0.29, 0.717) is 26.9 Å². The number of aryl methyl sites for hydroxylation is 1. The molecule has 46 heavy (non-hydrogen) atoms. The van der Waals surface area contributed by atoms with Gasteiger partial charge < -0.3 is 14.7 Å². The summed E-state index contributed by atoms with van der Waals surface area (Å²) in [7, 11) is -4.10. The first-order valence-electron chi connectivity index (χ1n) is 14.1. The predicted molar refractivity (Wildman–Crippen MR) is 169 cm³/mol. The van der Waals surface area contributed by atoms with Crippen LogP contribution in [0.1, 0.15) is 40.6 Å². The molecule has 0 spiro atoms. The zero-order chi connectivity index (χ0) is 33.0. The lowest BCUT2D eigenvalue weighted by Gasteiger charge is -2.29. The maximum Gasteiger partial charge on any atom is 0.247 e. The number of nitrogens with zero attached hydrogens (tertiary/aromatic N) is 3. The fraction of sp³-hybridized carbons (Fsp3) is 0.212. The minimum absolute atomic E-state index is 0.0252. The number of hydrogen-bond donors (Lipinski definition) is 1. The topological polar surface area (TPSA) is 92.6 Å². The van der Waals surface area contributed by atoms with Gasteiger partial charge in [0, 0.05) is 35.6 Å². The van der Waals surface area contributed by atoms with E-state index in [1.165, 1.54) is 23.2 Å².